The molecule has 7 rings (SSSR count). The average Bonchev–Trinajstić information content (AvgIpc) is 3.79. The van der Waals surface area contributed by atoms with Gasteiger partial charge in [0.2, 0.25) is 6.23 Å². The Morgan fingerprint density at radius 1 is 0.961 bits per heavy atom. The summed E-state index contributed by atoms with van der Waals surface area (Å²) >= 11 is 1.12. The smallest absolute Gasteiger partial charge is 0.416 e. The first-order valence-electron chi connectivity index (χ1n) is 16.4. The predicted octanol–water partition coefficient (Wildman–Crippen LogP) is 6.14. The van der Waals surface area contributed by atoms with Gasteiger partial charge in [0.15, 0.2) is 22.6 Å². The third kappa shape index (κ3) is 7.03. The number of alkyl halides is 3. The summed E-state index contributed by atoms with van der Waals surface area (Å²) < 4.78 is 69.7. The maximum Gasteiger partial charge on any atom is 0.416 e. The minimum absolute atomic E-state index is 0.0249. The topological polar surface area (TPSA) is 103 Å². The molecule has 1 saturated heterocycles. The summed E-state index contributed by atoms with van der Waals surface area (Å²) in [6.07, 6.45) is -3.56. The first-order valence-corrected chi connectivity index (χ1v) is 17.4. The van der Waals surface area contributed by atoms with Gasteiger partial charge in [-0.1, -0.05) is 65.4 Å². The summed E-state index contributed by atoms with van der Waals surface area (Å²) in [5.74, 6) is -1.40. The fraction of sp³-hybridized carbons (Fsp3) is 0.333. The van der Waals surface area contributed by atoms with Gasteiger partial charge in [0.1, 0.15) is 6.09 Å². The van der Waals surface area contributed by atoms with Gasteiger partial charge in [0, 0.05) is 47.3 Å². The number of fused-ring (bicyclic) bond motifs is 1. The molecule has 9 nitrogen and oxygen atoms in total. The molecule has 4 aromatic rings. The van der Waals surface area contributed by atoms with Crippen LogP contribution in [0.4, 0.5) is 26.7 Å². The second-order valence-corrected chi connectivity index (χ2v) is 13.6. The van der Waals surface area contributed by atoms with Gasteiger partial charge in [0.05, 0.1) is 12.1 Å². The zero-order valence-electron chi connectivity index (χ0n) is 27.0. The van der Waals surface area contributed by atoms with E-state index in [0.29, 0.717) is 58.9 Å². The molecule has 0 saturated carbocycles. The molecule has 1 amide bonds. The molecule has 266 valence electrons. The Morgan fingerprint density at radius 3 is 2.31 bits per heavy atom. The molecule has 15 heteroatoms. The number of amides is 1. The number of hydrogen-bond donors (Lipinski definition) is 0. The first kappa shape index (κ1) is 34.5. The van der Waals surface area contributed by atoms with Gasteiger partial charge in [-0.25, -0.2) is 8.78 Å². The van der Waals surface area contributed by atoms with Gasteiger partial charge >= 0.3 is 6.18 Å². The van der Waals surface area contributed by atoms with Crippen molar-refractivity contribution in [2.24, 2.45) is 5.16 Å². The fourth-order valence-electron chi connectivity index (χ4n) is 6.90. The van der Waals surface area contributed by atoms with Crippen molar-refractivity contribution in [2.75, 3.05) is 13.1 Å². The Morgan fingerprint density at radius 2 is 1.65 bits per heavy atom. The molecule has 0 N–H and O–H groups in total. The Bertz CT molecular complexity index is 2030. The van der Waals surface area contributed by atoms with E-state index < -0.39 is 35.7 Å². The van der Waals surface area contributed by atoms with E-state index in [0.717, 1.165) is 42.1 Å². The summed E-state index contributed by atoms with van der Waals surface area (Å²) in [6.45, 7) is 0.627. The lowest BCUT2D eigenvalue weighted by Crippen LogP contribution is -2.52. The number of piperidine rings is 1. The van der Waals surface area contributed by atoms with Gasteiger partial charge in [0.25, 0.3) is 5.56 Å². The van der Waals surface area contributed by atoms with Crippen molar-refractivity contribution in [2.45, 2.75) is 68.0 Å². The SMILES string of the molecule is O=C([O-])N1CCC(N2C(Cn3c(SCc4cccc(F)c4F)nc(=O)c4c3CCC4)=NOC2c2ccc(-c3ccc(C(F)(F)F)cc3)cc2)CC1. The van der Waals surface area contributed by atoms with Gasteiger partial charge in [-0.2, -0.15) is 18.2 Å². The maximum absolute atomic E-state index is 14.5. The van der Waals surface area contributed by atoms with E-state index >= 15 is 0 Å². The Hall–Kier alpha value is -4.92. The van der Waals surface area contributed by atoms with Crippen molar-refractivity contribution in [3.63, 3.8) is 0 Å². The van der Waals surface area contributed by atoms with E-state index in [1.807, 2.05) is 21.6 Å². The van der Waals surface area contributed by atoms with E-state index in [9.17, 15) is 36.6 Å². The lowest BCUT2D eigenvalue weighted by molar-refractivity contribution is -0.266. The van der Waals surface area contributed by atoms with Crippen LogP contribution in [0.2, 0.25) is 0 Å². The summed E-state index contributed by atoms with van der Waals surface area (Å²) in [4.78, 5) is 38.3. The number of thioether (sulfide) groups is 1. The van der Waals surface area contributed by atoms with Crippen molar-refractivity contribution in [1.82, 2.24) is 19.4 Å². The zero-order valence-corrected chi connectivity index (χ0v) is 27.9. The number of carboxylic acid groups (broad SMARTS) is 1. The molecule has 3 aromatic carbocycles. The lowest BCUT2D eigenvalue weighted by atomic mass is 9.99. The Balaban J connectivity index is 1.19. The summed E-state index contributed by atoms with van der Waals surface area (Å²) in [5, 5.41) is 16.4. The number of halogens is 5. The predicted molar refractivity (Wildman–Crippen MR) is 176 cm³/mol. The van der Waals surface area contributed by atoms with E-state index in [2.05, 4.69) is 10.1 Å². The van der Waals surface area contributed by atoms with Crippen molar-refractivity contribution < 1.29 is 36.7 Å². The normalized spacial score (nSPS) is 17.7. The van der Waals surface area contributed by atoms with E-state index in [-0.39, 0.29) is 42.6 Å². The lowest BCUT2D eigenvalue weighted by Gasteiger charge is -2.40. The largest absolute Gasteiger partial charge is 0.530 e. The molecule has 2 aliphatic heterocycles. The standard InChI is InChI=1S/C36H32F5N5O4S/c37-28-5-1-3-24(31(28)38)20-51-34-42-32(47)27-4-2-6-29(27)45(34)19-30-43-50-33(46(30)26-15-17-44(18-16-26)35(48)49)23-9-7-21(8-10-23)22-11-13-25(14-12-22)36(39,40)41/h1,3,5,7-14,26,33H,2,4,6,15-20H2,(H,48,49)/p-1. The third-order valence-corrected chi connectivity index (χ3v) is 10.6. The van der Waals surface area contributed by atoms with Crippen LogP contribution in [0, 0.1) is 11.6 Å². The van der Waals surface area contributed by atoms with E-state index in [4.69, 9.17) is 4.84 Å². The van der Waals surface area contributed by atoms with Gasteiger partial charge in [-0.15, -0.1) is 0 Å². The summed E-state index contributed by atoms with van der Waals surface area (Å²) in [6, 6.07) is 15.8. The highest BCUT2D eigenvalue weighted by molar-refractivity contribution is 7.98. The van der Waals surface area contributed by atoms with Gasteiger partial charge in [-0.05, 0) is 61.4 Å². The quantitative estimate of drug-likeness (QED) is 0.122. The molecule has 1 atom stereocenters. The van der Waals surface area contributed by atoms with Crippen molar-refractivity contribution in [3.8, 4) is 11.1 Å². The van der Waals surface area contributed by atoms with Crippen LogP contribution in [-0.2, 0) is 36.2 Å². The molecule has 1 aromatic heterocycles. The average molecular weight is 725 g/mol. The van der Waals surface area contributed by atoms with Crippen LogP contribution in [0.25, 0.3) is 11.1 Å². The van der Waals surface area contributed by atoms with Crippen LogP contribution in [0.1, 0.15) is 53.4 Å². The summed E-state index contributed by atoms with van der Waals surface area (Å²) in [7, 11) is 0. The van der Waals surface area contributed by atoms with Gasteiger partial charge in [-0.3, -0.25) is 4.79 Å². The molecule has 51 heavy (non-hydrogen) atoms. The van der Waals surface area contributed by atoms with Crippen LogP contribution < -0.4 is 10.7 Å². The second-order valence-electron chi connectivity index (χ2n) is 12.6. The van der Waals surface area contributed by atoms with Crippen molar-refractivity contribution in [3.05, 3.63) is 117 Å². The number of hydrogen-bond acceptors (Lipinski definition) is 8. The number of nitrogens with zero attached hydrogens (tertiary/aromatic N) is 5. The van der Waals surface area contributed by atoms with Crippen LogP contribution in [0.15, 0.2) is 81.8 Å². The van der Waals surface area contributed by atoms with Crippen molar-refractivity contribution >= 4 is 23.7 Å². The van der Waals surface area contributed by atoms with Crippen LogP contribution in [0.3, 0.4) is 0 Å². The summed E-state index contributed by atoms with van der Waals surface area (Å²) in [5.41, 5.74) is 2.44. The van der Waals surface area contributed by atoms with Gasteiger partial charge < -0.3 is 29.1 Å². The molecular weight excluding hydrogens is 693 g/mol. The number of carbonyl (C=O) groups excluding carboxylic acids is 1. The number of amidine groups is 1. The van der Waals surface area contributed by atoms with E-state index in [1.54, 1.807) is 12.1 Å². The molecule has 0 bridgehead atoms. The molecule has 0 spiro atoms. The zero-order chi connectivity index (χ0) is 35.9. The number of benzene rings is 3. The highest BCUT2D eigenvalue weighted by Gasteiger charge is 2.39. The number of carbonyl (C=O) groups is 1. The van der Waals surface area contributed by atoms with E-state index in [1.165, 1.54) is 29.2 Å². The highest BCUT2D eigenvalue weighted by atomic mass is 32.2. The van der Waals surface area contributed by atoms with Crippen LogP contribution in [0.5, 0.6) is 0 Å². The van der Waals surface area contributed by atoms with Crippen LogP contribution in [-0.4, -0.2) is 50.4 Å². The molecule has 1 fully saturated rings. The maximum atomic E-state index is 14.5. The molecule has 0 radical (unpaired) electrons. The number of oxime groups is 1. The molecule has 3 heterocycles. The van der Waals surface area contributed by atoms with Crippen molar-refractivity contribution in [1.29, 1.82) is 0 Å². The molecule has 3 aliphatic rings. The highest BCUT2D eigenvalue weighted by Crippen LogP contribution is 2.37. The molecule has 1 unspecified atom stereocenters. The molecule has 1 aliphatic carbocycles. The number of rotatable bonds is 8. The third-order valence-electron chi connectivity index (χ3n) is 9.55. The number of likely N-dealkylation sites (tertiary alicyclic amines) is 1. The van der Waals surface area contributed by atoms with Crippen LogP contribution >= 0.6 is 11.8 Å². The number of aromatic nitrogens is 2. The Labute approximate surface area is 293 Å². The Kier molecular flexibility index (Phi) is 9.48. The molecular formula is C36H31F5N5O4S-. The second kappa shape index (κ2) is 14.0. The monoisotopic (exact) mass is 724 g/mol. The minimum Gasteiger partial charge on any atom is -0.530 e. The minimum atomic E-state index is -4.44. The first-order chi connectivity index (χ1) is 24.5. The fourth-order valence-corrected chi connectivity index (χ4v) is 7.89.